The van der Waals surface area contributed by atoms with Gasteiger partial charge in [-0.2, -0.15) is 5.10 Å². The van der Waals surface area contributed by atoms with E-state index in [0.717, 1.165) is 12.1 Å². The predicted molar refractivity (Wildman–Crippen MR) is 74.6 cm³/mol. The Morgan fingerprint density at radius 3 is 3.05 bits per heavy atom. The van der Waals surface area contributed by atoms with Gasteiger partial charge in [0.15, 0.2) is 0 Å². The molecule has 1 aromatic carbocycles. The van der Waals surface area contributed by atoms with Gasteiger partial charge in [0.05, 0.1) is 11.8 Å². The Hall–Kier alpha value is -2.21. The van der Waals surface area contributed by atoms with E-state index >= 15 is 0 Å². The molecule has 2 rings (SSSR count). The van der Waals surface area contributed by atoms with E-state index < -0.39 is 6.10 Å². The number of rotatable bonds is 6. The standard InChI is InChI=1S/C14H18N4O2/c1-2-4-13(19)8-16-14(20)11-5-3-6-12(7-11)18-10-15-9-17-18/h3,5-7,9-10,13,19H,2,4,8H2,1H3,(H,16,20). The van der Waals surface area contributed by atoms with Gasteiger partial charge in [0, 0.05) is 12.1 Å². The third-order valence-electron chi connectivity index (χ3n) is 2.91. The lowest BCUT2D eigenvalue weighted by Gasteiger charge is -2.11. The first-order valence-corrected chi connectivity index (χ1v) is 6.62. The summed E-state index contributed by atoms with van der Waals surface area (Å²) in [5.74, 6) is -0.206. The van der Waals surface area contributed by atoms with Crippen molar-refractivity contribution in [3.8, 4) is 5.69 Å². The normalized spacial score (nSPS) is 12.1. The van der Waals surface area contributed by atoms with Crippen molar-refractivity contribution in [1.82, 2.24) is 20.1 Å². The van der Waals surface area contributed by atoms with Crippen molar-refractivity contribution in [2.24, 2.45) is 0 Å². The van der Waals surface area contributed by atoms with Crippen LogP contribution in [0.15, 0.2) is 36.9 Å². The fourth-order valence-corrected chi connectivity index (χ4v) is 1.88. The van der Waals surface area contributed by atoms with Crippen LogP contribution in [0.1, 0.15) is 30.1 Å². The van der Waals surface area contributed by atoms with Gasteiger partial charge in [0.25, 0.3) is 5.91 Å². The molecule has 0 fully saturated rings. The summed E-state index contributed by atoms with van der Waals surface area (Å²) in [6.07, 6.45) is 4.08. The SMILES string of the molecule is CCCC(O)CNC(=O)c1cccc(-n2cncn2)c1. The Balaban J connectivity index is 2.02. The summed E-state index contributed by atoms with van der Waals surface area (Å²) in [4.78, 5) is 15.9. The highest BCUT2D eigenvalue weighted by atomic mass is 16.3. The van der Waals surface area contributed by atoms with E-state index in [1.165, 1.54) is 6.33 Å². The van der Waals surface area contributed by atoms with Crippen LogP contribution in [-0.2, 0) is 0 Å². The minimum Gasteiger partial charge on any atom is -0.391 e. The monoisotopic (exact) mass is 274 g/mol. The van der Waals surface area contributed by atoms with E-state index in [-0.39, 0.29) is 12.5 Å². The van der Waals surface area contributed by atoms with Crippen molar-refractivity contribution in [2.75, 3.05) is 6.54 Å². The van der Waals surface area contributed by atoms with Gasteiger partial charge in [-0.25, -0.2) is 9.67 Å². The molecule has 1 heterocycles. The number of aliphatic hydroxyl groups excluding tert-OH is 1. The predicted octanol–water partition coefficient (Wildman–Crippen LogP) is 1.16. The third-order valence-corrected chi connectivity index (χ3v) is 2.91. The van der Waals surface area contributed by atoms with Gasteiger partial charge in [0.2, 0.25) is 0 Å². The summed E-state index contributed by atoms with van der Waals surface area (Å²) < 4.78 is 1.59. The number of nitrogens with one attached hydrogen (secondary N) is 1. The third kappa shape index (κ3) is 3.64. The van der Waals surface area contributed by atoms with Crippen LogP contribution in [-0.4, -0.2) is 38.4 Å². The fourth-order valence-electron chi connectivity index (χ4n) is 1.88. The van der Waals surface area contributed by atoms with Gasteiger partial charge in [-0.05, 0) is 24.6 Å². The average molecular weight is 274 g/mol. The summed E-state index contributed by atoms with van der Waals surface area (Å²) in [5, 5.41) is 16.4. The molecule has 1 atom stereocenters. The van der Waals surface area contributed by atoms with Crippen LogP contribution >= 0.6 is 0 Å². The molecule has 0 saturated heterocycles. The van der Waals surface area contributed by atoms with Crippen molar-refractivity contribution in [3.05, 3.63) is 42.5 Å². The lowest BCUT2D eigenvalue weighted by atomic mass is 10.1. The van der Waals surface area contributed by atoms with Crippen molar-refractivity contribution in [1.29, 1.82) is 0 Å². The number of nitrogens with zero attached hydrogens (tertiary/aromatic N) is 3. The Bertz CT molecular complexity index is 554. The highest BCUT2D eigenvalue weighted by Gasteiger charge is 2.09. The van der Waals surface area contributed by atoms with Gasteiger partial charge >= 0.3 is 0 Å². The second kappa shape index (κ2) is 6.81. The Morgan fingerprint density at radius 1 is 1.50 bits per heavy atom. The summed E-state index contributed by atoms with van der Waals surface area (Å²) in [6.45, 7) is 2.26. The molecule has 0 aliphatic carbocycles. The van der Waals surface area contributed by atoms with Gasteiger partial charge in [-0.3, -0.25) is 4.79 Å². The van der Waals surface area contributed by atoms with E-state index in [2.05, 4.69) is 15.4 Å². The molecular weight excluding hydrogens is 256 g/mol. The number of hydrogen-bond acceptors (Lipinski definition) is 4. The van der Waals surface area contributed by atoms with Crippen LogP contribution in [0.2, 0.25) is 0 Å². The van der Waals surface area contributed by atoms with Crippen molar-refractivity contribution < 1.29 is 9.90 Å². The molecule has 20 heavy (non-hydrogen) atoms. The zero-order valence-corrected chi connectivity index (χ0v) is 11.4. The van der Waals surface area contributed by atoms with Crippen molar-refractivity contribution in [2.45, 2.75) is 25.9 Å². The molecule has 0 spiro atoms. The van der Waals surface area contributed by atoms with E-state index in [4.69, 9.17) is 0 Å². The smallest absolute Gasteiger partial charge is 0.251 e. The quantitative estimate of drug-likeness (QED) is 0.828. The summed E-state index contributed by atoms with van der Waals surface area (Å²) >= 11 is 0. The molecule has 1 amide bonds. The summed E-state index contributed by atoms with van der Waals surface area (Å²) in [7, 11) is 0. The molecule has 106 valence electrons. The van der Waals surface area contributed by atoms with Crippen molar-refractivity contribution in [3.63, 3.8) is 0 Å². The first-order chi connectivity index (χ1) is 9.70. The molecule has 2 N–H and O–H groups in total. The first kappa shape index (κ1) is 14.2. The van der Waals surface area contributed by atoms with E-state index in [0.29, 0.717) is 12.0 Å². The van der Waals surface area contributed by atoms with Gasteiger partial charge in [-0.15, -0.1) is 0 Å². The number of aromatic nitrogens is 3. The molecule has 1 aromatic heterocycles. The minimum absolute atomic E-state index is 0.206. The lowest BCUT2D eigenvalue weighted by molar-refractivity contribution is 0.0910. The van der Waals surface area contributed by atoms with Crippen LogP contribution in [0, 0.1) is 0 Å². The molecule has 1 unspecified atom stereocenters. The Morgan fingerprint density at radius 2 is 2.35 bits per heavy atom. The van der Waals surface area contributed by atoms with E-state index in [1.54, 1.807) is 29.2 Å². The number of carbonyl (C=O) groups is 1. The lowest BCUT2D eigenvalue weighted by Crippen LogP contribution is -2.32. The second-order valence-electron chi connectivity index (χ2n) is 4.54. The first-order valence-electron chi connectivity index (χ1n) is 6.62. The highest BCUT2D eigenvalue weighted by molar-refractivity contribution is 5.94. The van der Waals surface area contributed by atoms with E-state index in [1.807, 2.05) is 13.0 Å². The number of benzene rings is 1. The van der Waals surface area contributed by atoms with Crippen LogP contribution in [0.25, 0.3) is 5.69 Å². The van der Waals surface area contributed by atoms with Crippen LogP contribution < -0.4 is 5.32 Å². The van der Waals surface area contributed by atoms with Crippen LogP contribution in [0.5, 0.6) is 0 Å². The highest BCUT2D eigenvalue weighted by Crippen LogP contribution is 2.09. The van der Waals surface area contributed by atoms with E-state index in [9.17, 15) is 9.90 Å². The number of carbonyl (C=O) groups excluding carboxylic acids is 1. The molecular formula is C14H18N4O2. The Kier molecular flexibility index (Phi) is 4.84. The summed E-state index contributed by atoms with van der Waals surface area (Å²) in [5.41, 5.74) is 1.30. The molecule has 6 heteroatoms. The van der Waals surface area contributed by atoms with Crippen molar-refractivity contribution >= 4 is 5.91 Å². The number of aliphatic hydroxyl groups is 1. The van der Waals surface area contributed by atoms with Crippen LogP contribution in [0.3, 0.4) is 0 Å². The topological polar surface area (TPSA) is 80.0 Å². The number of amides is 1. The maximum Gasteiger partial charge on any atom is 0.251 e. The molecule has 0 aliphatic rings. The van der Waals surface area contributed by atoms with Gasteiger partial charge in [-0.1, -0.05) is 19.4 Å². The van der Waals surface area contributed by atoms with Gasteiger partial charge in [0.1, 0.15) is 12.7 Å². The molecule has 0 aliphatic heterocycles. The zero-order chi connectivity index (χ0) is 14.4. The van der Waals surface area contributed by atoms with Crippen LogP contribution in [0.4, 0.5) is 0 Å². The number of hydrogen-bond donors (Lipinski definition) is 2. The fraction of sp³-hybridized carbons (Fsp3) is 0.357. The Labute approximate surface area is 117 Å². The summed E-state index contributed by atoms with van der Waals surface area (Å²) in [6, 6.07) is 7.09. The maximum atomic E-state index is 12.0. The molecule has 0 saturated carbocycles. The second-order valence-corrected chi connectivity index (χ2v) is 4.54. The molecule has 0 radical (unpaired) electrons. The maximum absolute atomic E-state index is 12.0. The zero-order valence-electron chi connectivity index (χ0n) is 11.4. The molecule has 6 nitrogen and oxygen atoms in total. The largest absolute Gasteiger partial charge is 0.391 e. The van der Waals surface area contributed by atoms with Gasteiger partial charge < -0.3 is 10.4 Å². The molecule has 2 aromatic rings. The molecule has 0 bridgehead atoms. The minimum atomic E-state index is -0.498. The average Bonchev–Trinajstić information content (AvgIpc) is 2.99.